The zero-order valence-corrected chi connectivity index (χ0v) is 12.6. The molecule has 1 aromatic carbocycles. The lowest BCUT2D eigenvalue weighted by Gasteiger charge is -2.20. The number of anilines is 1. The Morgan fingerprint density at radius 3 is 2.77 bits per heavy atom. The van der Waals surface area contributed by atoms with Crippen LogP contribution >= 0.6 is 0 Å². The average molecular weight is 310 g/mol. The number of carbonyl (C=O) groups is 2. The molecule has 22 heavy (non-hydrogen) atoms. The Kier molecular flexibility index (Phi) is 4.54. The number of hydrogen-bond acceptors (Lipinski definition) is 3. The number of nitrogens with one attached hydrogen (secondary N) is 1. The van der Waals surface area contributed by atoms with E-state index in [1.165, 1.54) is 17.0 Å². The number of rotatable bonds is 4. The van der Waals surface area contributed by atoms with E-state index in [9.17, 15) is 14.0 Å². The summed E-state index contributed by atoms with van der Waals surface area (Å²) in [5, 5.41) is 11.7. The fourth-order valence-corrected chi connectivity index (χ4v) is 2.36. The minimum absolute atomic E-state index is 0.125. The summed E-state index contributed by atoms with van der Waals surface area (Å²) in [6.07, 6.45) is 0.396. The lowest BCUT2D eigenvalue weighted by atomic mass is 9.90. The van der Waals surface area contributed by atoms with Gasteiger partial charge < -0.3 is 20.1 Å². The Balaban J connectivity index is 2.01. The molecule has 1 fully saturated rings. The first kappa shape index (κ1) is 16.1. The Bertz CT molecular complexity index is 593. The van der Waals surface area contributed by atoms with E-state index in [1.807, 2.05) is 0 Å². The molecule has 1 aliphatic heterocycles. The smallest absolute Gasteiger partial charge is 0.321 e. The van der Waals surface area contributed by atoms with Crippen molar-refractivity contribution in [2.24, 2.45) is 5.41 Å². The van der Waals surface area contributed by atoms with Crippen LogP contribution in [-0.4, -0.2) is 41.7 Å². The Hall–Kier alpha value is -2.31. The van der Waals surface area contributed by atoms with Crippen molar-refractivity contribution >= 4 is 17.7 Å². The number of carboxylic acid groups (broad SMARTS) is 1. The highest BCUT2D eigenvalue weighted by atomic mass is 19.1. The number of hydrogen-bond donors (Lipinski definition) is 2. The molecule has 2 N–H and O–H groups in total. The summed E-state index contributed by atoms with van der Waals surface area (Å²) in [7, 11) is 0. The summed E-state index contributed by atoms with van der Waals surface area (Å²) in [6, 6.07) is 3.72. The van der Waals surface area contributed by atoms with Crippen molar-refractivity contribution in [3.63, 3.8) is 0 Å². The van der Waals surface area contributed by atoms with Crippen LogP contribution in [0.3, 0.4) is 0 Å². The van der Waals surface area contributed by atoms with E-state index in [0.29, 0.717) is 25.3 Å². The van der Waals surface area contributed by atoms with Gasteiger partial charge in [-0.2, -0.15) is 0 Å². The fraction of sp³-hybridized carbons (Fsp3) is 0.467. The van der Waals surface area contributed by atoms with Gasteiger partial charge in [-0.15, -0.1) is 0 Å². The van der Waals surface area contributed by atoms with Crippen molar-refractivity contribution < 1.29 is 23.8 Å². The number of urea groups is 1. The number of carboxylic acids is 1. The molecule has 120 valence electrons. The summed E-state index contributed by atoms with van der Waals surface area (Å²) in [5.74, 6) is -1.36. The van der Waals surface area contributed by atoms with Gasteiger partial charge >= 0.3 is 12.0 Å². The van der Waals surface area contributed by atoms with Crippen LogP contribution in [0.25, 0.3) is 0 Å². The zero-order valence-electron chi connectivity index (χ0n) is 12.6. The largest absolute Gasteiger partial charge is 0.491 e. The second kappa shape index (κ2) is 6.21. The number of amides is 2. The number of halogens is 1. The summed E-state index contributed by atoms with van der Waals surface area (Å²) in [6.45, 7) is 4.20. The summed E-state index contributed by atoms with van der Waals surface area (Å²) in [5.41, 5.74) is -0.628. The van der Waals surface area contributed by atoms with Crippen LogP contribution in [0.4, 0.5) is 14.9 Å². The van der Waals surface area contributed by atoms with Crippen LogP contribution in [0.2, 0.25) is 0 Å². The Morgan fingerprint density at radius 1 is 1.50 bits per heavy atom. The molecule has 1 aromatic rings. The second-order valence-electron chi connectivity index (χ2n) is 5.55. The van der Waals surface area contributed by atoms with E-state index in [0.717, 1.165) is 0 Å². The number of aliphatic carboxylic acids is 1. The molecule has 6 nitrogen and oxygen atoms in total. The highest BCUT2D eigenvalue weighted by Crippen LogP contribution is 2.30. The first-order valence-corrected chi connectivity index (χ1v) is 7.07. The molecule has 1 atom stereocenters. The second-order valence-corrected chi connectivity index (χ2v) is 5.55. The molecule has 0 spiro atoms. The van der Waals surface area contributed by atoms with Crippen LogP contribution in [0.5, 0.6) is 5.75 Å². The normalized spacial score (nSPS) is 20.8. The van der Waals surface area contributed by atoms with Gasteiger partial charge in [0.1, 0.15) is 0 Å². The SMILES string of the molecule is CCOc1ccc(NC(=O)N2CCC(C)(C(=O)O)C2)cc1F. The van der Waals surface area contributed by atoms with Crippen LogP contribution in [-0.2, 0) is 4.79 Å². The molecule has 0 bridgehead atoms. The van der Waals surface area contributed by atoms with Gasteiger partial charge in [-0.25, -0.2) is 9.18 Å². The molecule has 0 radical (unpaired) electrons. The van der Waals surface area contributed by atoms with Gasteiger partial charge in [0.05, 0.1) is 12.0 Å². The van der Waals surface area contributed by atoms with Crippen molar-refractivity contribution in [3.05, 3.63) is 24.0 Å². The molecule has 0 aromatic heterocycles. The van der Waals surface area contributed by atoms with E-state index in [4.69, 9.17) is 9.84 Å². The topological polar surface area (TPSA) is 78.9 Å². The van der Waals surface area contributed by atoms with Crippen molar-refractivity contribution in [3.8, 4) is 5.75 Å². The monoisotopic (exact) mass is 310 g/mol. The van der Waals surface area contributed by atoms with Gasteiger partial charge in [0.25, 0.3) is 0 Å². The fourth-order valence-electron chi connectivity index (χ4n) is 2.36. The van der Waals surface area contributed by atoms with Crippen LogP contribution in [0.15, 0.2) is 18.2 Å². The van der Waals surface area contributed by atoms with Gasteiger partial charge in [-0.3, -0.25) is 4.79 Å². The molecule has 1 heterocycles. The van der Waals surface area contributed by atoms with Crippen LogP contribution < -0.4 is 10.1 Å². The van der Waals surface area contributed by atoms with Gasteiger partial charge in [-0.1, -0.05) is 0 Å². The van der Waals surface area contributed by atoms with Crippen molar-refractivity contribution in [1.82, 2.24) is 4.90 Å². The molecule has 7 heteroatoms. The van der Waals surface area contributed by atoms with Gasteiger partial charge in [0.15, 0.2) is 11.6 Å². The van der Waals surface area contributed by atoms with Crippen molar-refractivity contribution in [1.29, 1.82) is 0 Å². The third kappa shape index (κ3) is 3.29. The van der Waals surface area contributed by atoms with Crippen molar-refractivity contribution in [2.75, 3.05) is 25.0 Å². The average Bonchev–Trinajstić information content (AvgIpc) is 2.86. The standard InChI is InChI=1S/C15H19FN2O4/c1-3-22-12-5-4-10(8-11(12)16)17-14(21)18-7-6-15(2,9-18)13(19)20/h4-5,8H,3,6-7,9H2,1-2H3,(H,17,21)(H,19,20). The predicted molar refractivity (Wildman–Crippen MR) is 78.5 cm³/mol. The lowest BCUT2D eigenvalue weighted by molar-refractivity contribution is -0.146. The molecular formula is C15H19FN2O4. The number of nitrogens with zero attached hydrogens (tertiary/aromatic N) is 1. The van der Waals surface area contributed by atoms with Crippen LogP contribution in [0, 0.1) is 11.2 Å². The highest BCUT2D eigenvalue weighted by Gasteiger charge is 2.42. The minimum atomic E-state index is -0.929. The van der Waals surface area contributed by atoms with Gasteiger partial charge in [-0.05, 0) is 32.4 Å². The number of benzene rings is 1. The molecule has 1 aliphatic rings. The van der Waals surface area contributed by atoms with Crippen molar-refractivity contribution in [2.45, 2.75) is 20.3 Å². The number of likely N-dealkylation sites (tertiary alicyclic amines) is 1. The summed E-state index contributed by atoms with van der Waals surface area (Å²) >= 11 is 0. The molecule has 1 unspecified atom stereocenters. The molecule has 0 aliphatic carbocycles. The molecule has 2 rings (SSSR count). The number of carbonyl (C=O) groups excluding carboxylic acids is 1. The Labute approximate surface area is 127 Å². The first-order valence-electron chi connectivity index (χ1n) is 7.07. The van der Waals surface area contributed by atoms with Gasteiger partial charge in [0, 0.05) is 24.8 Å². The summed E-state index contributed by atoms with van der Waals surface area (Å²) < 4.78 is 18.8. The maximum Gasteiger partial charge on any atom is 0.321 e. The van der Waals surface area contributed by atoms with Gasteiger partial charge in [0.2, 0.25) is 0 Å². The molecule has 2 amide bonds. The quantitative estimate of drug-likeness (QED) is 0.896. The highest BCUT2D eigenvalue weighted by molar-refractivity contribution is 5.90. The number of ether oxygens (including phenoxy) is 1. The van der Waals surface area contributed by atoms with E-state index < -0.39 is 23.2 Å². The maximum atomic E-state index is 13.7. The van der Waals surface area contributed by atoms with Crippen LogP contribution in [0.1, 0.15) is 20.3 Å². The molecule has 0 saturated carbocycles. The molecule has 1 saturated heterocycles. The third-order valence-corrected chi connectivity index (χ3v) is 3.76. The van der Waals surface area contributed by atoms with E-state index in [-0.39, 0.29) is 12.3 Å². The first-order chi connectivity index (χ1) is 10.4. The Morgan fingerprint density at radius 2 is 2.23 bits per heavy atom. The minimum Gasteiger partial charge on any atom is -0.491 e. The third-order valence-electron chi connectivity index (χ3n) is 3.76. The lowest BCUT2D eigenvalue weighted by Crippen LogP contribution is -2.37. The van der Waals surface area contributed by atoms with E-state index in [2.05, 4.69) is 5.32 Å². The summed E-state index contributed by atoms with van der Waals surface area (Å²) in [4.78, 5) is 24.7. The zero-order chi connectivity index (χ0) is 16.3. The van der Waals surface area contributed by atoms with E-state index >= 15 is 0 Å². The van der Waals surface area contributed by atoms with E-state index in [1.54, 1.807) is 19.9 Å². The molecular weight excluding hydrogens is 291 g/mol. The predicted octanol–water partition coefficient (Wildman–Crippen LogP) is 2.55. The maximum absolute atomic E-state index is 13.7.